The molecule has 0 unspecified atom stereocenters. The van der Waals surface area contributed by atoms with E-state index in [-0.39, 0.29) is 24.9 Å². The second kappa shape index (κ2) is 12.1. The Hall–Kier alpha value is -2.41. The zero-order valence-electron chi connectivity index (χ0n) is 16.4. The molecule has 4 N–H and O–H groups in total. The Bertz CT molecular complexity index is 768. The summed E-state index contributed by atoms with van der Waals surface area (Å²) in [7, 11) is 0. The van der Waals surface area contributed by atoms with Gasteiger partial charge in [0.05, 0.1) is 6.54 Å². The molecule has 0 fully saturated rings. The van der Waals surface area contributed by atoms with E-state index in [1.54, 1.807) is 0 Å². The Balaban J connectivity index is 0.00000392. The van der Waals surface area contributed by atoms with Gasteiger partial charge in [0.1, 0.15) is 0 Å². The van der Waals surface area contributed by atoms with Crippen LogP contribution in [0.5, 0.6) is 0 Å². The van der Waals surface area contributed by atoms with Crippen LogP contribution in [0.1, 0.15) is 16.7 Å². The van der Waals surface area contributed by atoms with Crippen LogP contribution in [0.2, 0.25) is 0 Å². The average Bonchev–Trinajstić information content (AvgIpc) is 2.64. The average molecular weight is 405 g/mol. The van der Waals surface area contributed by atoms with Crippen molar-refractivity contribution in [2.24, 2.45) is 5.73 Å². The third-order valence-corrected chi connectivity index (χ3v) is 4.48. The predicted octanol–water partition coefficient (Wildman–Crippen LogP) is 2.88. The number of rotatable bonds is 8. The number of aryl methyl sites for hydroxylation is 1. The van der Waals surface area contributed by atoms with Crippen molar-refractivity contribution in [1.82, 2.24) is 10.2 Å². The highest BCUT2D eigenvalue weighted by atomic mass is 35.5. The van der Waals surface area contributed by atoms with Gasteiger partial charge in [-0.2, -0.15) is 0 Å². The van der Waals surface area contributed by atoms with Crippen molar-refractivity contribution < 1.29 is 9.59 Å². The minimum Gasteiger partial charge on any atom is -0.329 e. The highest BCUT2D eigenvalue weighted by molar-refractivity contribution is 6.02. The Morgan fingerprint density at radius 3 is 2.39 bits per heavy atom. The number of nitrogens with one attached hydrogen (secondary N) is 2. The first-order valence-corrected chi connectivity index (χ1v) is 9.13. The van der Waals surface area contributed by atoms with Crippen LogP contribution in [0.3, 0.4) is 0 Å². The van der Waals surface area contributed by atoms with E-state index < -0.39 is 6.03 Å². The molecule has 0 aliphatic heterocycles. The van der Waals surface area contributed by atoms with Crippen molar-refractivity contribution in [1.29, 1.82) is 0 Å². The zero-order chi connectivity index (χ0) is 19.6. The van der Waals surface area contributed by atoms with Crippen LogP contribution >= 0.6 is 12.4 Å². The van der Waals surface area contributed by atoms with Crippen LogP contribution < -0.4 is 16.4 Å². The minimum atomic E-state index is -0.524. The zero-order valence-corrected chi connectivity index (χ0v) is 17.2. The lowest BCUT2D eigenvalue weighted by molar-refractivity contribution is -0.121. The number of amides is 3. The lowest BCUT2D eigenvalue weighted by Crippen LogP contribution is -2.43. The maximum atomic E-state index is 12.2. The van der Waals surface area contributed by atoms with Gasteiger partial charge in [0, 0.05) is 25.3 Å². The molecule has 0 atom stereocenters. The number of urea groups is 1. The molecule has 7 heteroatoms. The Kier molecular flexibility index (Phi) is 10.2. The number of nitrogens with two attached hydrogens (primary N) is 1. The Labute approximate surface area is 172 Å². The number of imide groups is 1. The van der Waals surface area contributed by atoms with Gasteiger partial charge < -0.3 is 11.1 Å². The summed E-state index contributed by atoms with van der Waals surface area (Å²) in [6, 6.07) is 15.2. The third kappa shape index (κ3) is 7.68. The standard InChI is InChI=1S/C21H28N4O2.ClH/c1-16-7-6-10-19(17(16)2)23-21(27)24-20(26)15-25(14-12-22)13-11-18-8-4-3-5-9-18;/h3-10H,11-15,22H2,1-2H3,(H2,23,24,26,27);1H. The highest BCUT2D eigenvalue weighted by Crippen LogP contribution is 2.17. The van der Waals surface area contributed by atoms with Gasteiger partial charge in [0.25, 0.3) is 0 Å². The lowest BCUT2D eigenvalue weighted by atomic mass is 10.1. The number of benzene rings is 2. The predicted molar refractivity (Wildman–Crippen MR) is 116 cm³/mol. The summed E-state index contributed by atoms with van der Waals surface area (Å²) in [5.41, 5.74) is 9.61. The van der Waals surface area contributed by atoms with E-state index in [4.69, 9.17) is 5.73 Å². The minimum absolute atomic E-state index is 0. The molecule has 0 aromatic heterocycles. The number of nitrogens with zero attached hydrogens (tertiary/aromatic N) is 1. The van der Waals surface area contributed by atoms with Gasteiger partial charge >= 0.3 is 6.03 Å². The molecule has 6 nitrogen and oxygen atoms in total. The second-order valence-corrected chi connectivity index (χ2v) is 6.55. The van der Waals surface area contributed by atoms with Gasteiger partial charge in [-0.25, -0.2) is 4.79 Å². The van der Waals surface area contributed by atoms with E-state index in [1.165, 1.54) is 5.56 Å². The Morgan fingerprint density at radius 2 is 1.71 bits per heavy atom. The van der Waals surface area contributed by atoms with Crippen LogP contribution in [0.4, 0.5) is 10.5 Å². The summed E-state index contributed by atoms with van der Waals surface area (Å²) in [4.78, 5) is 26.3. The molecule has 28 heavy (non-hydrogen) atoms. The molecule has 152 valence electrons. The lowest BCUT2D eigenvalue weighted by Gasteiger charge is -2.21. The maximum absolute atomic E-state index is 12.2. The normalized spacial score (nSPS) is 10.3. The molecule has 0 aliphatic rings. The van der Waals surface area contributed by atoms with Crippen molar-refractivity contribution >= 4 is 30.0 Å². The molecular weight excluding hydrogens is 376 g/mol. The van der Waals surface area contributed by atoms with Crippen LogP contribution in [0.25, 0.3) is 0 Å². The summed E-state index contributed by atoms with van der Waals surface area (Å²) in [6.45, 7) is 5.79. The first-order valence-electron chi connectivity index (χ1n) is 9.13. The molecule has 2 aromatic carbocycles. The van der Waals surface area contributed by atoms with Gasteiger partial charge in [-0.3, -0.25) is 15.0 Å². The summed E-state index contributed by atoms with van der Waals surface area (Å²) in [6.07, 6.45) is 0.822. The topological polar surface area (TPSA) is 87.5 Å². The fourth-order valence-electron chi connectivity index (χ4n) is 2.79. The van der Waals surface area contributed by atoms with Crippen molar-refractivity contribution in [2.45, 2.75) is 20.3 Å². The van der Waals surface area contributed by atoms with E-state index in [9.17, 15) is 9.59 Å². The molecule has 0 bridgehead atoms. The molecule has 2 aromatic rings. The molecular formula is C21H29ClN4O2. The summed E-state index contributed by atoms with van der Waals surface area (Å²) in [5.74, 6) is -0.348. The second-order valence-electron chi connectivity index (χ2n) is 6.55. The molecule has 2 rings (SSSR count). The van der Waals surface area contributed by atoms with Gasteiger partial charge in [-0.1, -0.05) is 42.5 Å². The van der Waals surface area contributed by atoms with Gasteiger partial charge in [0.15, 0.2) is 0 Å². The van der Waals surface area contributed by atoms with Crippen LogP contribution in [-0.2, 0) is 11.2 Å². The summed E-state index contributed by atoms with van der Waals surface area (Å²) in [5, 5.41) is 5.12. The van der Waals surface area contributed by atoms with Crippen molar-refractivity contribution in [3.8, 4) is 0 Å². The largest absolute Gasteiger partial charge is 0.329 e. The summed E-state index contributed by atoms with van der Waals surface area (Å²) >= 11 is 0. The molecule has 3 amide bonds. The van der Waals surface area contributed by atoms with Gasteiger partial charge in [0.2, 0.25) is 5.91 Å². The van der Waals surface area contributed by atoms with E-state index >= 15 is 0 Å². The van der Waals surface area contributed by atoms with Crippen LogP contribution in [0.15, 0.2) is 48.5 Å². The van der Waals surface area contributed by atoms with E-state index in [2.05, 4.69) is 22.8 Å². The summed E-state index contributed by atoms with van der Waals surface area (Å²) < 4.78 is 0. The number of hydrogen-bond acceptors (Lipinski definition) is 4. The van der Waals surface area contributed by atoms with Gasteiger partial charge in [-0.15, -0.1) is 12.4 Å². The Morgan fingerprint density at radius 1 is 1.00 bits per heavy atom. The molecule has 0 saturated carbocycles. The van der Waals surface area contributed by atoms with E-state index in [0.29, 0.717) is 25.3 Å². The smallest absolute Gasteiger partial charge is 0.325 e. The number of hydrogen-bond donors (Lipinski definition) is 3. The number of carbonyl (C=O) groups is 2. The molecule has 0 radical (unpaired) electrons. The fraction of sp³-hybridized carbons (Fsp3) is 0.333. The van der Waals surface area contributed by atoms with Crippen LogP contribution in [-0.4, -0.2) is 43.0 Å². The van der Waals surface area contributed by atoms with Crippen molar-refractivity contribution in [3.05, 3.63) is 65.2 Å². The maximum Gasteiger partial charge on any atom is 0.325 e. The van der Waals surface area contributed by atoms with Crippen molar-refractivity contribution in [3.63, 3.8) is 0 Å². The quantitative estimate of drug-likeness (QED) is 0.631. The SMILES string of the molecule is Cc1cccc(NC(=O)NC(=O)CN(CCN)CCc2ccccc2)c1C.Cl. The van der Waals surface area contributed by atoms with E-state index in [0.717, 1.165) is 17.5 Å². The monoisotopic (exact) mass is 404 g/mol. The first kappa shape index (κ1) is 23.6. The molecule has 0 heterocycles. The molecule has 0 spiro atoms. The number of carbonyl (C=O) groups excluding carboxylic acids is 2. The fourth-order valence-corrected chi connectivity index (χ4v) is 2.79. The van der Waals surface area contributed by atoms with Crippen LogP contribution in [0, 0.1) is 13.8 Å². The highest BCUT2D eigenvalue weighted by Gasteiger charge is 2.14. The van der Waals surface area contributed by atoms with Gasteiger partial charge in [-0.05, 0) is 43.0 Å². The van der Waals surface area contributed by atoms with Crippen molar-refractivity contribution in [2.75, 3.05) is 31.5 Å². The third-order valence-electron chi connectivity index (χ3n) is 4.48. The molecule has 0 saturated heterocycles. The number of halogens is 1. The first-order chi connectivity index (χ1) is 13.0. The van der Waals surface area contributed by atoms with E-state index in [1.807, 2.05) is 55.1 Å². The number of anilines is 1. The molecule has 0 aliphatic carbocycles.